The Morgan fingerprint density at radius 2 is 0.569 bits per heavy atom. The molecule has 0 N–H and O–H groups in total. The fraction of sp³-hybridized carbons (Fsp3) is 0.942. The van der Waals surface area contributed by atoms with Gasteiger partial charge in [-0.15, -0.1) is 0 Å². The summed E-state index contributed by atoms with van der Waals surface area (Å²) < 4.78 is 16.8. The summed E-state index contributed by atoms with van der Waals surface area (Å²) in [4.78, 5) is 37.9. The highest BCUT2D eigenvalue weighted by Gasteiger charge is 2.19. The van der Waals surface area contributed by atoms with Crippen LogP contribution in [0, 0.1) is 5.92 Å². The molecular weight excluding hydrogens is 721 g/mol. The number of hydrogen-bond donors (Lipinski definition) is 0. The van der Waals surface area contributed by atoms with E-state index < -0.39 is 6.10 Å². The summed E-state index contributed by atoms with van der Waals surface area (Å²) in [7, 11) is 0. The Morgan fingerprint density at radius 3 is 0.845 bits per heavy atom. The third kappa shape index (κ3) is 45.5. The third-order valence-electron chi connectivity index (χ3n) is 11.8. The van der Waals surface area contributed by atoms with E-state index in [1.54, 1.807) is 0 Å². The summed E-state index contributed by atoms with van der Waals surface area (Å²) in [5, 5.41) is 0. The number of carbonyl (C=O) groups is 3. The zero-order valence-corrected chi connectivity index (χ0v) is 39.5. The predicted octanol–water partition coefficient (Wildman–Crippen LogP) is 16.7. The van der Waals surface area contributed by atoms with E-state index in [1.165, 1.54) is 186 Å². The molecule has 6 heteroatoms. The fourth-order valence-corrected chi connectivity index (χ4v) is 7.86. The van der Waals surface area contributed by atoms with Gasteiger partial charge in [-0.3, -0.25) is 14.4 Å². The normalized spacial score (nSPS) is 11.9. The molecule has 0 saturated carbocycles. The van der Waals surface area contributed by atoms with E-state index in [1.807, 2.05) is 0 Å². The van der Waals surface area contributed by atoms with Crippen LogP contribution in [0.15, 0.2) is 0 Å². The molecule has 0 aromatic heterocycles. The highest BCUT2D eigenvalue weighted by atomic mass is 16.6. The minimum absolute atomic E-state index is 0.0627. The molecule has 0 radical (unpaired) electrons. The van der Waals surface area contributed by atoms with Gasteiger partial charge in [0.15, 0.2) is 6.10 Å². The lowest BCUT2D eigenvalue weighted by Gasteiger charge is -2.18. The van der Waals surface area contributed by atoms with Crippen LogP contribution in [-0.2, 0) is 28.6 Å². The minimum atomic E-state index is -0.760. The Kier molecular flexibility index (Phi) is 45.2. The second-order valence-corrected chi connectivity index (χ2v) is 18.3. The number of hydrogen-bond acceptors (Lipinski definition) is 6. The highest BCUT2D eigenvalue weighted by molar-refractivity contribution is 5.71. The first-order chi connectivity index (χ1) is 28.4. The van der Waals surface area contributed by atoms with Crippen molar-refractivity contribution in [2.45, 2.75) is 297 Å². The number of rotatable bonds is 47. The fourth-order valence-electron chi connectivity index (χ4n) is 7.86. The van der Waals surface area contributed by atoms with Crippen LogP contribution in [0.1, 0.15) is 291 Å². The van der Waals surface area contributed by atoms with Crippen molar-refractivity contribution in [3.05, 3.63) is 0 Å². The molecule has 58 heavy (non-hydrogen) atoms. The number of unbranched alkanes of at least 4 members (excludes halogenated alkanes) is 34. The Bertz CT molecular complexity index is 872. The van der Waals surface area contributed by atoms with E-state index in [-0.39, 0.29) is 31.1 Å². The summed E-state index contributed by atoms with van der Waals surface area (Å²) in [6.45, 7) is 9.02. The van der Waals surface area contributed by atoms with Gasteiger partial charge >= 0.3 is 17.9 Å². The first-order valence-electron chi connectivity index (χ1n) is 25.9. The quantitative estimate of drug-likeness (QED) is 0.0346. The average Bonchev–Trinajstić information content (AvgIpc) is 3.21. The zero-order chi connectivity index (χ0) is 42.4. The van der Waals surface area contributed by atoms with Crippen LogP contribution in [-0.4, -0.2) is 37.2 Å². The van der Waals surface area contributed by atoms with Gasteiger partial charge in [-0.05, 0) is 25.2 Å². The second kappa shape index (κ2) is 46.5. The Labute approximate surface area is 361 Å². The van der Waals surface area contributed by atoms with Gasteiger partial charge in [-0.1, -0.05) is 252 Å². The van der Waals surface area contributed by atoms with Crippen LogP contribution < -0.4 is 0 Å². The van der Waals surface area contributed by atoms with Crippen LogP contribution in [0.5, 0.6) is 0 Å². The monoisotopic (exact) mass is 821 g/mol. The first kappa shape index (κ1) is 56.4. The molecule has 0 unspecified atom stereocenters. The standard InChI is InChI=1S/C52H100O6/c1-5-7-9-11-13-15-17-18-19-24-28-32-36-40-44-51(54)57-47-49(46-56-50(53)43-39-35-31-27-22-16-14-12-10-8-6-2)58-52(55)45-41-37-33-29-25-21-20-23-26-30-34-38-42-48(3)4/h48-49H,5-47H2,1-4H3/t49-/m1/s1. The third-order valence-corrected chi connectivity index (χ3v) is 11.8. The van der Waals surface area contributed by atoms with Gasteiger partial charge in [0, 0.05) is 19.3 Å². The van der Waals surface area contributed by atoms with Crippen molar-refractivity contribution in [1.82, 2.24) is 0 Å². The first-order valence-corrected chi connectivity index (χ1v) is 25.9. The molecule has 0 aromatic rings. The molecule has 0 aromatic carbocycles. The van der Waals surface area contributed by atoms with Crippen molar-refractivity contribution in [3.63, 3.8) is 0 Å². The van der Waals surface area contributed by atoms with Gasteiger partial charge in [0.2, 0.25) is 0 Å². The van der Waals surface area contributed by atoms with Crippen molar-refractivity contribution in [1.29, 1.82) is 0 Å². The number of carbonyl (C=O) groups excluding carboxylic acids is 3. The average molecular weight is 821 g/mol. The van der Waals surface area contributed by atoms with E-state index in [2.05, 4.69) is 27.7 Å². The van der Waals surface area contributed by atoms with E-state index in [0.29, 0.717) is 19.3 Å². The van der Waals surface area contributed by atoms with Crippen molar-refractivity contribution in [3.8, 4) is 0 Å². The molecule has 0 aliphatic heterocycles. The van der Waals surface area contributed by atoms with Gasteiger partial charge in [0.1, 0.15) is 13.2 Å². The maximum Gasteiger partial charge on any atom is 0.306 e. The molecule has 0 spiro atoms. The van der Waals surface area contributed by atoms with Gasteiger partial charge in [0.05, 0.1) is 0 Å². The summed E-state index contributed by atoms with van der Waals surface area (Å²) in [6.07, 6.45) is 48.0. The van der Waals surface area contributed by atoms with Crippen molar-refractivity contribution < 1.29 is 28.6 Å². The molecule has 0 rings (SSSR count). The SMILES string of the molecule is CCCCCCCCCCCCCCCCC(=O)OC[C@@H](COC(=O)CCCCCCCCCCCCC)OC(=O)CCCCCCCCCCCCCCC(C)C. The minimum Gasteiger partial charge on any atom is -0.462 e. The van der Waals surface area contributed by atoms with Crippen LogP contribution in [0.2, 0.25) is 0 Å². The number of esters is 3. The highest BCUT2D eigenvalue weighted by Crippen LogP contribution is 2.17. The van der Waals surface area contributed by atoms with Gasteiger partial charge in [-0.2, -0.15) is 0 Å². The number of ether oxygens (including phenoxy) is 3. The van der Waals surface area contributed by atoms with E-state index in [4.69, 9.17) is 14.2 Å². The molecule has 0 saturated heterocycles. The molecule has 344 valence electrons. The van der Waals surface area contributed by atoms with Crippen molar-refractivity contribution in [2.24, 2.45) is 5.92 Å². The van der Waals surface area contributed by atoms with Crippen LogP contribution in [0.4, 0.5) is 0 Å². The van der Waals surface area contributed by atoms with Crippen LogP contribution in [0.25, 0.3) is 0 Å². The molecule has 6 nitrogen and oxygen atoms in total. The van der Waals surface area contributed by atoms with Crippen LogP contribution >= 0.6 is 0 Å². The lowest BCUT2D eigenvalue weighted by Crippen LogP contribution is -2.30. The molecule has 0 bridgehead atoms. The van der Waals surface area contributed by atoms with Crippen molar-refractivity contribution in [2.75, 3.05) is 13.2 Å². The lowest BCUT2D eigenvalue weighted by atomic mass is 10.0. The summed E-state index contributed by atoms with van der Waals surface area (Å²) in [5.74, 6) is -0.0123. The predicted molar refractivity (Wildman–Crippen MR) is 247 cm³/mol. The van der Waals surface area contributed by atoms with E-state index in [0.717, 1.165) is 63.7 Å². The maximum absolute atomic E-state index is 12.8. The second-order valence-electron chi connectivity index (χ2n) is 18.3. The zero-order valence-electron chi connectivity index (χ0n) is 39.5. The largest absolute Gasteiger partial charge is 0.462 e. The summed E-state index contributed by atoms with van der Waals surface area (Å²) in [5.41, 5.74) is 0. The van der Waals surface area contributed by atoms with Gasteiger partial charge < -0.3 is 14.2 Å². The molecule has 0 aliphatic carbocycles. The summed E-state index contributed by atoms with van der Waals surface area (Å²) >= 11 is 0. The summed E-state index contributed by atoms with van der Waals surface area (Å²) in [6, 6.07) is 0. The molecule has 1 atom stereocenters. The Morgan fingerprint density at radius 1 is 0.328 bits per heavy atom. The van der Waals surface area contributed by atoms with E-state index >= 15 is 0 Å². The molecule has 0 amide bonds. The smallest absolute Gasteiger partial charge is 0.306 e. The van der Waals surface area contributed by atoms with Gasteiger partial charge in [0.25, 0.3) is 0 Å². The maximum atomic E-state index is 12.8. The molecule has 0 fully saturated rings. The van der Waals surface area contributed by atoms with E-state index in [9.17, 15) is 14.4 Å². The molecule has 0 aliphatic rings. The Hall–Kier alpha value is -1.59. The molecular formula is C52H100O6. The van der Waals surface area contributed by atoms with Crippen molar-refractivity contribution >= 4 is 17.9 Å². The van der Waals surface area contributed by atoms with Gasteiger partial charge in [-0.25, -0.2) is 0 Å². The Balaban J connectivity index is 4.30. The molecule has 0 heterocycles. The lowest BCUT2D eigenvalue weighted by molar-refractivity contribution is -0.167. The van der Waals surface area contributed by atoms with Crippen LogP contribution in [0.3, 0.4) is 0 Å². The topological polar surface area (TPSA) is 78.9 Å².